The molecular formula is C20H19N4O2+. The minimum Gasteiger partial charge on any atom is -0.348 e. The summed E-state index contributed by atoms with van der Waals surface area (Å²) >= 11 is 0. The number of hydrogen-bond acceptors (Lipinski definition) is 3. The zero-order chi connectivity index (χ0) is 18.2. The third-order valence-electron chi connectivity index (χ3n) is 3.79. The standard InChI is InChI=1S/C20H18N4O2/c25-19(23-13-15-4-2-8-21-11-15)17-6-1-7-18(10-17)20(26)24-14-16-5-3-9-22-12-16/h1-12H,13-14H2,(H,23,25)(H,24,26)/p+1. The highest BCUT2D eigenvalue weighted by molar-refractivity contribution is 5.99. The number of H-pyrrole nitrogens is 1. The number of benzene rings is 1. The van der Waals surface area contributed by atoms with Crippen molar-refractivity contribution in [1.29, 1.82) is 0 Å². The van der Waals surface area contributed by atoms with Crippen LogP contribution in [0.3, 0.4) is 0 Å². The lowest BCUT2D eigenvalue weighted by Gasteiger charge is -2.08. The molecule has 26 heavy (non-hydrogen) atoms. The predicted octanol–water partition coefficient (Wildman–Crippen LogP) is 1.76. The van der Waals surface area contributed by atoms with Crippen LogP contribution in [0, 0.1) is 0 Å². The Kier molecular flexibility index (Phi) is 5.67. The maximum atomic E-state index is 12.3. The fraction of sp³-hybridized carbons (Fsp3) is 0.100. The van der Waals surface area contributed by atoms with Crippen molar-refractivity contribution < 1.29 is 14.6 Å². The summed E-state index contributed by atoms with van der Waals surface area (Å²) < 4.78 is 0. The van der Waals surface area contributed by atoms with Gasteiger partial charge in [-0.05, 0) is 35.9 Å². The van der Waals surface area contributed by atoms with Crippen LogP contribution in [0.15, 0.2) is 73.3 Å². The van der Waals surface area contributed by atoms with E-state index in [4.69, 9.17) is 0 Å². The SMILES string of the molecule is O=C(NCc1cccnc1)c1cccc(C(=O)NCc2ccc[nH+]c2)c1. The molecular weight excluding hydrogens is 328 g/mol. The lowest BCUT2D eigenvalue weighted by Crippen LogP contribution is -2.25. The lowest BCUT2D eigenvalue weighted by atomic mass is 10.1. The van der Waals surface area contributed by atoms with E-state index >= 15 is 0 Å². The van der Waals surface area contributed by atoms with Crippen molar-refractivity contribution in [3.63, 3.8) is 0 Å². The molecule has 0 unspecified atom stereocenters. The summed E-state index contributed by atoms with van der Waals surface area (Å²) in [5.41, 5.74) is 2.76. The maximum absolute atomic E-state index is 12.3. The third-order valence-corrected chi connectivity index (χ3v) is 3.79. The Morgan fingerprint density at radius 2 is 1.58 bits per heavy atom. The molecule has 3 rings (SSSR count). The molecule has 2 aromatic heterocycles. The average molecular weight is 347 g/mol. The van der Waals surface area contributed by atoms with E-state index in [-0.39, 0.29) is 11.8 Å². The van der Waals surface area contributed by atoms with E-state index in [0.29, 0.717) is 24.2 Å². The van der Waals surface area contributed by atoms with Crippen molar-refractivity contribution in [3.05, 3.63) is 95.6 Å². The Labute approximate surface area is 151 Å². The summed E-state index contributed by atoms with van der Waals surface area (Å²) in [7, 11) is 0. The molecule has 0 radical (unpaired) electrons. The summed E-state index contributed by atoms with van der Waals surface area (Å²) in [6.45, 7) is 0.793. The van der Waals surface area contributed by atoms with Crippen molar-refractivity contribution in [2.24, 2.45) is 0 Å². The molecule has 0 spiro atoms. The number of aromatic amines is 1. The fourth-order valence-electron chi connectivity index (χ4n) is 2.41. The van der Waals surface area contributed by atoms with Crippen LogP contribution in [-0.4, -0.2) is 16.8 Å². The van der Waals surface area contributed by atoms with Crippen molar-refractivity contribution in [3.8, 4) is 0 Å². The maximum Gasteiger partial charge on any atom is 0.251 e. The molecule has 0 aliphatic heterocycles. The molecule has 0 fully saturated rings. The summed E-state index contributed by atoms with van der Waals surface area (Å²) in [4.78, 5) is 31.6. The van der Waals surface area contributed by atoms with E-state index in [0.717, 1.165) is 11.1 Å². The van der Waals surface area contributed by atoms with Crippen molar-refractivity contribution in [1.82, 2.24) is 15.6 Å². The first-order valence-electron chi connectivity index (χ1n) is 8.23. The number of rotatable bonds is 6. The molecule has 2 amide bonds. The molecule has 2 heterocycles. The highest BCUT2D eigenvalue weighted by atomic mass is 16.2. The molecule has 0 saturated carbocycles. The van der Waals surface area contributed by atoms with Gasteiger partial charge in [0.2, 0.25) is 0 Å². The molecule has 0 atom stereocenters. The number of carbonyl (C=O) groups is 2. The molecule has 0 aliphatic carbocycles. The Balaban J connectivity index is 1.60. The Morgan fingerprint density at radius 1 is 0.885 bits per heavy atom. The smallest absolute Gasteiger partial charge is 0.251 e. The summed E-state index contributed by atoms with van der Waals surface area (Å²) in [5, 5.41) is 5.66. The van der Waals surface area contributed by atoms with E-state index in [1.54, 1.807) is 42.9 Å². The fourth-order valence-corrected chi connectivity index (χ4v) is 2.41. The molecule has 3 aromatic rings. The van der Waals surface area contributed by atoms with E-state index in [2.05, 4.69) is 20.6 Å². The first kappa shape index (κ1) is 17.3. The van der Waals surface area contributed by atoms with Gasteiger partial charge in [-0.15, -0.1) is 0 Å². The number of pyridine rings is 2. The van der Waals surface area contributed by atoms with Crippen LogP contribution in [0.5, 0.6) is 0 Å². The number of amides is 2. The molecule has 130 valence electrons. The minimum atomic E-state index is -0.235. The molecule has 0 bridgehead atoms. The van der Waals surface area contributed by atoms with Gasteiger partial charge in [-0.2, -0.15) is 0 Å². The van der Waals surface area contributed by atoms with E-state index < -0.39 is 0 Å². The van der Waals surface area contributed by atoms with Crippen molar-refractivity contribution >= 4 is 11.8 Å². The zero-order valence-corrected chi connectivity index (χ0v) is 14.1. The number of aromatic nitrogens is 2. The summed E-state index contributed by atoms with van der Waals surface area (Å²) in [6, 6.07) is 14.1. The van der Waals surface area contributed by atoms with Crippen molar-refractivity contribution in [2.45, 2.75) is 13.1 Å². The monoisotopic (exact) mass is 347 g/mol. The quantitative estimate of drug-likeness (QED) is 0.712. The van der Waals surface area contributed by atoms with Crippen LogP contribution in [-0.2, 0) is 13.1 Å². The Morgan fingerprint density at radius 3 is 2.19 bits per heavy atom. The van der Waals surface area contributed by atoms with Crippen LogP contribution >= 0.6 is 0 Å². The minimum absolute atomic E-state index is 0.226. The number of hydrogen-bond donors (Lipinski definition) is 2. The van der Waals surface area contributed by atoms with E-state index in [1.807, 2.05) is 30.5 Å². The van der Waals surface area contributed by atoms with Gasteiger partial charge in [-0.3, -0.25) is 14.6 Å². The van der Waals surface area contributed by atoms with Crippen LogP contribution in [0.25, 0.3) is 0 Å². The van der Waals surface area contributed by atoms with Gasteiger partial charge < -0.3 is 10.6 Å². The Bertz CT molecular complexity index is 812. The molecule has 6 heteroatoms. The first-order valence-corrected chi connectivity index (χ1v) is 8.23. The van der Waals surface area contributed by atoms with Crippen molar-refractivity contribution in [2.75, 3.05) is 0 Å². The molecule has 3 N–H and O–H groups in total. The van der Waals surface area contributed by atoms with Gasteiger partial charge in [0, 0.05) is 48.2 Å². The summed E-state index contributed by atoms with van der Waals surface area (Å²) in [5.74, 6) is -0.461. The Hall–Kier alpha value is -3.54. The normalized spacial score (nSPS) is 10.2. The van der Waals surface area contributed by atoms with Crippen LogP contribution < -0.4 is 15.6 Å². The van der Waals surface area contributed by atoms with Gasteiger partial charge in [-0.1, -0.05) is 12.1 Å². The van der Waals surface area contributed by atoms with Gasteiger partial charge in [0.1, 0.15) is 0 Å². The van der Waals surface area contributed by atoms with E-state index in [1.165, 1.54) is 0 Å². The topological polar surface area (TPSA) is 85.2 Å². The van der Waals surface area contributed by atoms with Crippen LogP contribution in [0.1, 0.15) is 31.8 Å². The van der Waals surface area contributed by atoms with Gasteiger partial charge in [0.25, 0.3) is 11.8 Å². The van der Waals surface area contributed by atoms with Gasteiger partial charge in [0.15, 0.2) is 12.4 Å². The zero-order valence-electron chi connectivity index (χ0n) is 14.1. The number of carbonyl (C=O) groups excluding carboxylic acids is 2. The largest absolute Gasteiger partial charge is 0.348 e. The average Bonchev–Trinajstić information content (AvgIpc) is 2.72. The predicted molar refractivity (Wildman–Crippen MR) is 96.0 cm³/mol. The lowest BCUT2D eigenvalue weighted by molar-refractivity contribution is -0.378. The third kappa shape index (κ3) is 4.73. The van der Waals surface area contributed by atoms with Crippen LogP contribution in [0.4, 0.5) is 0 Å². The number of nitrogens with one attached hydrogen (secondary N) is 3. The second-order valence-corrected chi connectivity index (χ2v) is 5.72. The first-order chi connectivity index (χ1) is 12.7. The van der Waals surface area contributed by atoms with Gasteiger partial charge in [0.05, 0.1) is 0 Å². The van der Waals surface area contributed by atoms with Crippen LogP contribution in [0.2, 0.25) is 0 Å². The van der Waals surface area contributed by atoms with E-state index in [9.17, 15) is 9.59 Å². The van der Waals surface area contributed by atoms with Gasteiger partial charge in [-0.25, -0.2) is 4.98 Å². The highest BCUT2D eigenvalue weighted by Crippen LogP contribution is 2.07. The molecule has 6 nitrogen and oxygen atoms in total. The highest BCUT2D eigenvalue weighted by Gasteiger charge is 2.10. The second-order valence-electron chi connectivity index (χ2n) is 5.72. The summed E-state index contributed by atoms with van der Waals surface area (Å²) in [6.07, 6.45) is 7.01. The molecule has 0 aliphatic rings. The molecule has 0 saturated heterocycles. The number of nitrogens with zero attached hydrogens (tertiary/aromatic N) is 1. The van der Waals surface area contributed by atoms with Gasteiger partial charge >= 0.3 is 0 Å². The molecule has 1 aromatic carbocycles. The second kappa shape index (κ2) is 8.53.